The molecule has 0 fully saturated rings. The lowest BCUT2D eigenvalue weighted by molar-refractivity contribution is 0.0939. The standard InChI is InChI=1S/C16H19N3O/c1-11-7-15(10-18-9-11)16(20)19-12(2)14-5-3-13(8-17)4-6-14/h3-7,9-10,12H,8,17H2,1-2H3,(H,19,20). The van der Waals surface area contributed by atoms with Crippen molar-refractivity contribution in [2.75, 3.05) is 0 Å². The highest BCUT2D eigenvalue weighted by Gasteiger charge is 2.11. The Balaban J connectivity index is 2.06. The zero-order valence-corrected chi connectivity index (χ0v) is 11.8. The van der Waals surface area contributed by atoms with Crippen LogP contribution in [0.5, 0.6) is 0 Å². The van der Waals surface area contributed by atoms with Crippen LogP contribution in [0.2, 0.25) is 0 Å². The summed E-state index contributed by atoms with van der Waals surface area (Å²) in [7, 11) is 0. The second-order valence-electron chi connectivity index (χ2n) is 4.89. The molecule has 2 aromatic rings. The molecule has 0 spiro atoms. The van der Waals surface area contributed by atoms with Crippen molar-refractivity contribution in [1.82, 2.24) is 10.3 Å². The number of rotatable bonds is 4. The van der Waals surface area contributed by atoms with E-state index in [4.69, 9.17) is 5.73 Å². The summed E-state index contributed by atoms with van der Waals surface area (Å²) in [5.74, 6) is -0.114. The van der Waals surface area contributed by atoms with Crippen LogP contribution in [-0.2, 0) is 6.54 Å². The van der Waals surface area contributed by atoms with Crippen molar-refractivity contribution in [3.63, 3.8) is 0 Å². The van der Waals surface area contributed by atoms with Gasteiger partial charge in [-0.1, -0.05) is 24.3 Å². The number of pyridine rings is 1. The smallest absolute Gasteiger partial charge is 0.253 e. The van der Waals surface area contributed by atoms with Crippen molar-refractivity contribution in [3.05, 3.63) is 65.0 Å². The Morgan fingerprint density at radius 1 is 1.30 bits per heavy atom. The fourth-order valence-electron chi connectivity index (χ4n) is 1.98. The Morgan fingerprint density at radius 2 is 2.00 bits per heavy atom. The van der Waals surface area contributed by atoms with Gasteiger partial charge in [-0.25, -0.2) is 0 Å². The zero-order valence-electron chi connectivity index (χ0n) is 11.8. The van der Waals surface area contributed by atoms with E-state index in [0.717, 1.165) is 16.7 Å². The molecule has 3 N–H and O–H groups in total. The first-order chi connectivity index (χ1) is 9.60. The lowest BCUT2D eigenvalue weighted by Crippen LogP contribution is -2.26. The number of amides is 1. The fourth-order valence-corrected chi connectivity index (χ4v) is 1.98. The van der Waals surface area contributed by atoms with Crippen molar-refractivity contribution in [1.29, 1.82) is 0 Å². The molecule has 4 nitrogen and oxygen atoms in total. The first-order valence-corrected chi connectivity index (χ1v) is 6.61. The van der Waals surface area contributed by atoms with Gasteiger partial charge in [0.2, 0.25) is 0 Å². The van der Waals surface area contributed by atoms with Gasteiger partial charge in [0.25, 0.3) is 5.91 Å². The second kappa shape index (κ2) is 6.30. The van der Waals surface area contributed by atoms with Gasteiger partial charge in [-0.15, -0.1) is 0 Å². The van der Waals surface area contributed by atoms with E-state index < -0.39 is 0 Å². The number of aryl methyl sites for hydroxylation is 1. The van der Waals surface area contributed by atoms with Gasteiger partial charge < -0.3 is 11.1 Å². The Morgan fingerprint density at radius 3 is 2.60 bits per heavy atom. The van der Waals surface area contributed by atoms with Gasteiger partial charge in [0, 0.05) is 18.9 Å². The van der Waals surface area contributed by atoms with E-state index in [1.165, 1.54) is 0 Å². The van der Waals surface area contributed by atoms with E-state index in [-0.39, 0.29) is 11.9 Å². The number of carbonyl (C=O) groups is 1. The second-order valence-corrected chi connectivity index (χ2v) is 4.89. The lowest BCUT2D eigenvalue weighted by atomic mass is 10.1. The number of nitrogens with zero attached hydrogens (tertiary/aromatic N) is 1. The third-order valence-corrected chi connectivity index (χ3v) is 3.20. The Hall–Kier alpha value is -2.20. The van der Waals surface area contributed by atoms with Crippen LogP contribution in [0.1, 0.15) is 40.0 Å². The zero-order chi connectivity index (χ0) is 14.5. The quantitative estimate of drug-likeness (QED) is 0.895. The summed E-state index contributed by atoms with van der Waals surface area (Å²) in [5, 5.41) is 2.97. The SMILES string of the molecule is Cc1cncc(C(=O)NC(C)c2ccc(CN)cc2)c1. The van der Waals surface area contributed by atoms with Gasteiger partial charge in [-0.05, 0) is 36.6 Å². The molecule has 0 saturated heterocycles. The highest BCUT2D eigenvalue weighted by molar-refractivity contribution is 5.94. The van der Waals surface area contributed by atoms with Crippen LogP contribution in [0.3, 0.4) is 0 Å². The molecule has 1 aromatic heterocycles. The molecule has 20 heavy (non-hydrogen) atoms. The maximum Gasteiger partial charge on any atom is 0.253 e. The van der Waals surface area contributed by atoms with Gasteiger partial charge in [0.05, 0.1) is 11.6 Å². The number of nitrogens with two attached hydrogens (primary N) is 1. The minimum atomic E-state index is -0.114. The van der Waals surface area contributed by atoms with E-state index in [1.54, 1.807) is 12.4 Å². The number of benzene rings is 1. The van der Waals surface area contributed by atoms with Crippen LogP contribution < -0.4 is 11.1 Å². The summed E-state index contributed by atoms with van der Waals surface area (Å²) >= 11 is 0. The van der Waals surface area contributed by atoms with Crippen LogP contribution >= 0.6 is 0 Å². The summed E-state index contributed by atoms with van der Waals surface area (Å²) in [5.41, 5.74) is 9.25. The van der Waals surface area contributed by atoms with Gasteiger partial charge in [-0.2, -0.15) is 0 Å². The van der Waals surface area contributed by atoms with Crippen molar-refractivity contribution in [3.8, 4) is 0 Å². The Kier molecular flexibility index (Phi) is 4.48. The molecule has 0 saturated carbocycles. The third-order valence-electron chi connectivity index (χ3n) is 3.20. The van der Waals surface area contributed by atoms with Crippen LogP contribution in [0.15, 0.2) is 42.7 Å². The summed E-state index contributed by atoms with van der Waals surface area (Å²) < 4.78 is 0. The molecule has 1 atom stereocenters. The molecular weight excluding hydrogens is 250 g/mol. The van der Waals surface area contributed by atoms with Crippen LogP contribution in [0.4, 0.5) is 0 Å². The van der Waals surface area contributed by atoms with Crippen LogP contribution in [0, 0.1) is 6.92 Å². The number of hydrogen-bond donors (Lipinski definition) is 2. The van der Waals surface area contributed by atoms with Crippen LogP contribution in [0.25, 0.3) is 0 Å². The summed E-state index contributed by atoms with van der Waals surface area (Å²) in [4.78, 5) is 16.2. The van der Waals surface area contributed by atoms with Gasteiger partial charge in [-0.3, -0.25) is 9.78 Å². The third kappa shape index (κ3) is 3.42. The highest BCUT2D eigenvalue weighted by Crippen LogP contribution is 2.14. The molecule has 1 aromatic carbocycles. The number of aromatic nitrogens is 1. The Labute approximate surface area is 119 Å². The van der Waals surface area contributed by atoms with E-state index in [2.05, 4.69) is 10.3 Å². The van der Waals surface area contributed by atoms with Crippen molar-refractivity contribution in [2.45, 2.75) is 26.4 Å². The van der Waals surface area contributed by atoms with Crippen molar-refractivity contribution in [2.24, 2.45) is 5.73 Å². The molecule has 1 amide bonds. The van der Waals surface area contributed by atoms with E-state index in [1.807, 2.05) is 44.2 Å². The first kappa shape index (κ1) is 14.2. The van der Waals surface area contributed by atoms with E-state index >= 15 is 0 Å². The summed E-state index contributed by atoms with van der Waals surface area (Å²) in [6.07, 6.45) is 3.30. The first-order valence-electron chi connectivity index (χ1n) is 6.61. The molecule has 1 heterocycles. The maximum atomic E-state index is 12.1. The monoisotopic (exact) mass is 269 g/mol. The number of hydrogen-bond acceptors (Lipinski definition) is 3. The highest BCUT2D eigenvalue weighted by atomic mass is 16.1. The van der Waals surface area contributed by atoms with Crippen molar-refractivity contribution < 1.29 is 4.79 Å². The average molecular weight is 269 g/mol. The number of nitrogens with one attached hydrogen (secondary N) is 1. The molecule has 104 valence electrons. The molecule has 1 unspecified atom stereocenters. The van der Waals surface area contributed by atoms with Crippen molar-refractivity contribution >= 4 is 5.91 Å². The predicted octanol–water partition coefficient (Wildman–Crippen LogP) is 2.34. The average Bonchev–Trinajstić information content (AvgIpc) is 2.47. The summed E-state index contributed by atoms with van der Waals surface area (Å²) in [6, 6.07) is 9.70. The lowest BCUT2D eigenvalue weighted by Gasteiger charge is -2.15. The number of carbonyl (C=O) groups excluding carboxylic acids is 1. The maximum absolute atomic E-state index is 12.1. The minimum Gasteiger partial charge on any atom is -0.345 e. The molecule has 0 radical (unpaired) electrons. The molecule has 0 aliphatic heterocycles. The normalized spacial score (nSPS) is 11.9. The van der Waals surface area contributed by atoms with Gasteiger partial charge >= 0.3 is 0 Å². The topological polar surface area (TPSA) is 68.0 Å². The predicted molar refractivity (Wildman–Crippen MR) is 79.2 cm³/mol. The fraction of sp³-hybridized carbons (Fsp3) is 0.250. The van der Waals surface area contributed by atoms with E-state index in [9.17, 15) is 4.79 Å². The largest absolute Gasteiger partial charge is 0.345 e. The Bertz CT molecular complexity index is 593. The molecule has 0 aliphatic carbocycles. The van der Waals surface area contributed by atoms with Gasteiger partial charge in [0.15, 0.2) is 0 Å². The van der Waals surface area contributed by atoms with E-state index in [0.29, 0.717) is 12.1 Å². The molecular formula is C16H19N3O. The molecule has 0 bridgehead atoms. The minimum absolute atomic E-state index is 0.0603. The summed E-state index contributed by atoms with van der Waals surface area (Å²) in [6.45, 7) is 4.40. The van der Waals surface area contributed by atoms with Gasteiger partial charge in [0.1, 0.15) is 0 Å². The van der Waals surface area contributed by atoms with Crippen LogP contribution in [-0.4, -0.2) is 10.9 Å². The molecule has 4 heteroatoms. The molecule has 0 aliphatic rings. The molecule has 2 rings (SSSR count).